The molecule has 0 aliphatic rings. The number of nitrogens with one attached hydrogen (secondary N) is 1. The highest BCUT2D eigenvalue weighted by Gasteiger charge is 2.03. The molecule has 4 nitrogen and oxygen atoms in total. The largest absolute Gasteiger partial charge is 0.494 e. The lowest BCUT2D eigenvalue weighted by Crippen LogP contribution is -2.15. The molecule has 0 fully saturated rings. The fourth-order valence-electron chi connectivity index (χ4n) is 2.00. The number of anilines is 1. The molecule has 0 heterocycles. The van der Waals surface area contributed by atoms with Gasteiger partial charge in [-0.05, 0) is 48.9 Å². The minimum absolute atomic E-state index is 0.159. The normalized spacial score (nSPS) is 10.3. The summed E-state index contributed by atoms with van der Waals surface area (Å²) in [5, 5.41) is 2.66. The molecule has 2 aromatic carbocycles. The number of amides is 1. The molecule has 0 spiro atoms. The molecule has 6 heteroatoms. The molecule has 1 N–H and O–H groups in total. The summed E-state index contributed by atoms with van der Waals surface area (Å²) < 4.78 is 24.2. The van der Waals surface area contributed by atoms with Gasteiger partial charge in [-0.15, -0.1) is 11.8 Å². The lowest BCUT2D eigenvalue weighted by Gasteiger charge is -2.08. The average Bonchev–Trinajstić information content (AvgIpc) is 2.60. The van der Waals surface area contributed by atoms with Crippen LogP contribution in [0.4, 0.5) is 10.1 Å². The van der Waals surface area contributed by atoms with Gasteiger partial charge in [-0.1, -0.05) is 13.0 Å². The molecule has 0 unspecified atom stereocenters. The van der Waals surface area contributed by atoms with Crippen molar-refractivity contribution in [2.75, 3.05) is 30.0 Å². The van der Waals surface area contributed by atoms with Crippen LogP contribution in [0.25, 0.3) is 0 Å². The van der Waals surface area contributed by atoms with Gasteiger partial charge in [-0.2, -0.15) is 0 Å². The smallest absolute Gasteiger partial charge is 0.234 e. The van der Waals surface area contributed by atoms with E-state index < -0.39 is 0 Å². The first kappa shape index (κ1) is 19.1. The molecule has 134 valence electrons. The number of hydrogen-bond donors (Lipinski definition) is 1. The average molecular weight is 363 g/mol. The summed E-state index contributed by atoms with van der Waals surface area (Å²) >= 11 is 1.46. The summed E-state index contributed by atoms with van der Waals surface area (Å²) in [6, 6.07) is 13.3. The molecule has 1 amide bonds. The van der Waals surface area contributed by atoms with Crippen LogP contribution in [-0.4, -0.2) is 30.6 Å². The van der Waals surface area contributed by atoms with Crippen molar-refractivity contribution < 1.29 is 18.7 Å². The first-order valence-corrected chi connectivity index (χ1v) is 9.31. The van der Waals surface area contributed by atoms with Crippen LogP contribution in [0.3, 0.4) is 0 Å². The van der Waals surface area contributed by atoms with E-state index in [9.17, 15) is 9.18 Å². The van der Waals surface area contributed by atoms with Crippen molar-refractivity contribution in [3.8, 4) is 11.5 Å². The Morgan fingerprint density at radius 2 is 1.76 bits per heavy atom. The van der Waals surface area contributed by atoms with E-state index in [0.717, 1.165) is 17.9 Å². The third-order valence-electron chi connectivity index (χ3n) is 3.13. The number of thioether (sulfide) groups is 1. The summed E-state index contributed by atoms with van der Waals surface area (Å²) in [4.78, 5) is 11.8. The highest BCUT2D eigenvalue weighted by Crippen LogP contribution is 2.18. The molecule has 0 aliphatic carbocycles. The molecule has 2 rings (SSSR count). The lowest BCUT2D eigenvalue weighted by atomic mass is 10.3. The van der Waals surface area contributed by atoms with Crippen molar-refractivity contribution in [1.29, 1.82) is 0 Å². The van der Waals surface area contributed by atoms with E-state index in [2.05, 4.69) is 12.2 Å². The summed E-state index contributed by atoms with van der Waals surface area (Å²) in [5.74, 6) is 2.05. The van der Waals surface area contributed by atoms with Crippen molar-refractivity contribution in [2.45, 2.75) is 13.3 Å². The SMILES string of the molecule is CCCOc1ccc(OCCSCC(=O)Nc2cccc(F)c2)cc1. The maximum absolute atomic E-state index is 13.0. The van der Waals surface area contributed by atoms with Gasteiger partial charge in [0.2, 0.25) is 5.91 Å². The molecule has 0 aliphatic heterocycles. The van der Waals surface area contributed by atoms with Crippen molar-refractivity contribution in [3.05, 3.63) is 54.3 Å². The minimum atomic E-state index is -0.370. The van der Waals surface area contributed by atoms with Crippen LogP contribution in [0.2, 0.25) is 0 Å². The number of carbonyl (C=O) groups excluding carboxylic acids is 1. The Morgan fingerprint density at radius 1 is 1.08 bits per heavy atom. The van der Waals surface area contributed by atoms with E-state index in [1.165, 1.54) is 23.9 Å². The second-order valence-corrected chi connectivity index (χ2v) is 6.38. The van der Waals surface area contributed by atoms with E-state index in [0.29, 0.717) is 30.4 Å². The second-order valence-electron chi connectivity index (χ2n) is 5.28. The van der Waals surface area contributed by atoms with Gasteiger partial charge in [0.1, 0.15) is 17.3 Å². The van der Waals surface area contributed by atoms with Crippen LogP contribution in [-0.2, 0) is 4.79 Å². The van der Waals surface area contributed by atoms with E-state index in [1.807, 2.05) is 24.3 Å². The third kappa shape index (κ3) is 7.47. The van der Waals surface area contributed by atoms with Gasteiger partial charge in [0.25, 0.3) is 0 Å². The Labute approximate surface area is 151 Å². The molecule has 0 atom stereocenters. The molecule has 2 aromatic rings. The standard InChI is InChI=1S/C19H22FNO3S/c1-2-10-23-17-6-8-18(9-7-17)24-11-12-25-14-19(22)21-16-5-3-4-15(20)13-16/h3-9,13H,2,10-12,14H2,1H3,(H,21,22). The summed E-state index contributed by atoms with van der Waals surface area (Å²) in [7, 11) is 0. The number of carbonyl (C=O) groups is 1. The van der Waals surface area contributed by atoms with E-state index in [-0.39, 0.29) is 11.7 Å². The molecule has 0 radical (unpaired) electrons. The molecular formula is C19H22FNO3S. The van der Waals surface area contributed by atoms with Crippen LogP contribution >= 0.6 is 11.8 Å². The highest BCUT2D eigenvalue weighted by atomic mass is 32.2. The topological polar surface area (TPSA) is 47.6 Å². The van der Waals surface area contributed by atoms with Gasteiger partial charge < -0.3 is 14.8 Å². The predicted molar refractivity (Wildman–Crippen MR) is 100 cm³/mol. The van der Waals surface area contributed by atoms with E-state index in [4.69, 9.17) is 9.47 Å². The lowest BCUT2D eigenvalue weighted by molar-refractivity contribution is -0.113. The van der Waals surface area contributed by atoms with Crippen molar-refractivity contribution >= 4 is 23.4 Å². The van der Waals surface area contributed by atoms with Crippen molar-refractivity contribution in [2.24, 2.45) is 0 Å². The second kappa shape index (κ2) is 10.6. The predicted octanol–water partition coefficient (Wildman–Crippen LogP) is 4.37. The van der Waals surface area contributed by atoms with Gasteiger partial charge >= 0.3 is 0 Å². The molecule has 0 saturated heterocycles. The molecule has 0 bridgehead atoms. The Balaban J connectivity index is 1.60. The Bertz CT molecular complexity index is 664. The van der Waals surface area contributed by atoms with Gasteiger partial charge in [0, 0.05) is 11.4 Å². The van der Waals surface area contributed by atoms with Crippen LogP contribution in [0.5, 0.6) is 11.5 Å². The highest BCUT2D eigenvalue weighted by molar-refractivity contribution is 7.99. The molecular weight excluding hydrogens is 341 g/mol. The zero-order valence-electron chi connectivity index (χ0n) is 14.2. The van der Waals surface area contributed by atoms with Gasteiger partial charge in [0.15, 0.2) is 0 Å². The maximum Gasteiger partial charge on any atom is 0.234 e. The number of benzene rings is 2. The first-order chi connectivity index (χ1) is 12.2. The number of hydrogen-bond acceptors (Lipinski definition) is 4. The van der Waals surface area contributed by atoms with Crippen molar-refractivity contribution in [3.63, 3.8) is 0 Å². The van der Waals surface area contributed by atoms with Crippen molar-refractivity contribution in [1.82, 2.24) is 0 Å². The summed E-state index contributed by atoms with van der Waals surface area (Å²) in [6.45, 7) is 3.27. The quantitative estimate of drug-likeness (QED) is 0.637. The van der Waals surface area contributed by atoms with Crippen LogP contribution < -0.4 is 14.8 Å². The Kier molecular flexibility index (Phi) is 8.12. The van der Waals surface area contributed by atoms with Crippen LogP contribution in [0, 0.1) is 5.82 Å². The maximum atomic E-state index is 13.0. The van der Waals surface area contributed by atoms with Crippen LogP contribution in [0.15, 0.2) is 48.5 Å². The zero-order valence-corrected chi connectivity index (χ0v) is 15.0. The Hall–Kier alpha value is -2.21. The summed E-state index contributed by atoms with van der Waals surface area (Å²) in [6.07, 6.45) is 0.974. The fraction of sp³-hybridized carbons (Fsp3) is 0.316. The number of rotatable bonds is 10. The first-order valence-electron chi connectivity index (χ1n) is 8.16. The monoisotopic (exact) mass is 363 g/mol. The fourth-order valence-corrected chi connectivity index (χ4v) is 2.60. The number of ether oxygens (including phenoxy) is 2. The minimum Gasteiger partial charge on any atom is -0.494 e. The zero-order chi connectivity index (χ0) is 17.9. The van der Waals surface area contributed by atoms with Gasteiger partial charge in [-0.3, -0.25) is 4.79 Å². The summed E-state index contributed by atoms with van der Waals surface area (Å²) in [5.41, 5.74) is 0.465. The molecule has 25 heavy (non-hydrogen) atoms. The van der Waals surface area contributed by atoms with E-state index >= 15 is 0 Å². The van der Waals surface area contributed by atoms with E-state index in [1.54, 1.807) is 12.1 Å². The van der Waals surface area contributed by atoms with Gasteiger partial charge in [0.05, 0.1) is 19.0 Å². The van der Waals surface area contributed by atoms with Gasteiger partial charge in [-0.25, -0.2) is 4.39 Å². The molecule has 0 aromatic heterocycles. The number of halogens is 1. The Morgan fingerprint density at radius 3 is 2.40 bits per heavy atom. The van der Waals surface area contributed by atoms with Crippen LogP contribution in [0.1, 0.15) is 13.3 Å². The molecule has 0 saturated carbocycles. The third-order valence-corrected chi connectivity index (χ3v) is 4.06.